The standard InChI is InChI=1S/C22H21N7O/c1-2-9-19(29-11-13-30-14-12-29)17(7-1)26-22-27-20(15-24-28-22)25-18-8-3-5-16-6-4-10-23-21(16)18/h1-10,15H,11-14H2,(H2,25,26,27,28). The molecule has 8 heteroatoms. The predicted octanol–water partition coefficient (Wildman–Crippen LogP) is 3.74. The molecule has 0 radical (unpaired) electrons. The smallest absolute Gasteiger partial charge is 0.249 e. The second-order valence-electron chi connectivity index (χ2n) is 6.91. The number of ether oxygens (including phenoxy) is 1. The van der Waals surface area contributed by atoms with Gasteiger partial charge in [0.25, 0.3) is 0 Å². The van der Waals surface area contributed by atoms with Crippen molar-refractivity contribution in [2.24, 2.45) is 0 Å². The maximum Gasteiger partial charge on any atom is 0.249 e. The molecule has 1 aliphatic heterocycles. The van der Waals surface area contributed by atoms with Gasteiger partial charge in [-0.1, -0.05) is 30.3 Å². The first-order chi connectivity index (χ1) is 14.9. The Hall–Kier alpha value is -3.78. The van der Waals surface area contributed by atoms with Crippen molar-refractivity contribution in [3.63, 3.8) is 0 Å². The highest BCUT2D eigenvalue weighted by molar-refractivity contribution is 5.91. The van der Waals surface area contributed by atoms with Crippen LogP contribution in [0.2, 0.25) is 0 Å². The van der Waals surface area contributed by atoms with Gasteiger partial charge in [0.05, 0.1) is 42.0 Å². The molecule has 1 saturated heterocycles. The van der Waals surface area contributed by atoms with E-state index in [4.69, 9.17) is 4.74 Å². The Balaban J connectivity index is 1.40. The Morgan fingerprint density at radius 1 is 0.867 bits per heavy atom. The average molecular weight is 399 g/mol. The number of benzene rings is 2. The molecular formula is C22H21N7O. The lowest BCUT2D eigenvalue weighted by Gasteiger charge is -2.30. The molecule has 5 rings (SSSR count). The van der Waals surface area contributed by atoms with Crippen LogP contribution in [0.3, 0.4) is 0 Å². The number of para-hydroxylation sites is 3. The first-order valence-corrected chi connectivity index (χ1v) is 9.86. The minimum atomic E-state index is 0.425. The Morgan fingerprint density at radius 3 is 2.63 bits per heavy atom. The highest BCUT2D eigenvalue weighted by atomic mass is 16.5. The minimum Gasteiger partial charge on any atom is -0.378 e. The zero-order valence-corrected chi connectivity index (χ0v) is 16.3. The maximum atomic E-state index is 5.47. The molecule has 150 valence electrons. The van der Waals surface area contributed by atoms with E-state index in [1.165, 1.54) is 0 Å². The fraction of sp³-hybridized carbons (Fsp3) is 0.182. The molecule has 1 aliphatic rings. The summed E-state index contributed by atoms with van der Waals surface area (Å²) in [4.78, 5) is 11.4. The highest BCUT2D eigenvalue weighted by Crippen LogP contribution is 2.29. The number of fused-ring (bicyclic) bond motifs is 1. The molecule has 2 aromatic heterocycles. The number of hydrogen-bond acceptors (Lipinski definition) is 8. The minimum absolute atomic E-state index is 0.425. The van der Waals surface area contributed by atoms with E-state index in [-0.39, 0.29) is 0 Å². The van der Waals surface area contributed by atoms with Crippen LogP contribution in [0.4, 0.5) is 28.8 Å². The highest BCUT2D eigenvalue weighted by Gasteiger charge is 2.15. The van der Waals surface area contributed by atoms with Crippen molar-refractivity contribution >= 4 is 39.7 Å². The zero-order valence-electron chi connectivity index (χ0n) is 16.3. The summed E-state index contributed by atoms with van der Waals surface area (Å²) in [7, 11) is 0. The fourth-order valence-electron chi connectivity index (χ4n) is 3.54. The van der Waals surface area contributed by atoms with E-state index in [1.807, 2.05) is 48.5 Å². The molecule has 0 aliphatic carbocycles. The number of rotatable bonds is 5. The second-order valence-corrected chi connectivity index (χ2v) is 6.91. The van der Waals surface area contributed by atoms with Crippen LogP contribution in [0.1, 0.15) is 0 Å². The Morgan fingerprint density at radius 2 is 1.70 bits per heavy atom. The van der Waals surface area contributed by atoms with Crippen LogP contribution in [0, 0.1) is 0 Å². The van der Waals surface area contributed by atoms with Crippen molar-refractivity contribution in [1.29, 1.82) is 0 Å². The molecule has 0 spiro atoms. The van der Waals surface area contributed by atoms with E-state index in [2.05, 4.69) is 41.8 Å². The molecular weight excluding hydrogens is 378 g/mol. The Kier molecular flexibility index (Phi) is 5.05. The zero-order chi connectivity index (χ0) is 20.2. The number of anilines is 5. The summed E-state index contributed by atoms with van der Waals surface area (Å²) in [5.74, 6) is 1.02. The van der Waals surface area contributed by atoms with Crippen LogP contribution >= 0.6 is 0 Å². The van der Waals surface area contributed by atoms with Gasteiger partial charge in [0, 0.05) is 24.7 Å². The van der Waals surface area contributed by atoms with Crippen LogP contribution in [-0.2, 0) is 4.74 Å². The van der Waals surface area contributed by atoms with Crippen molar-refractivity contribution in [3.05, 3.63) is 67.0 Å². The van der Waals surface area contributed by atoms with Crippen LogP contribution in [0.25, 0.3) is 10.9 Å². The van der Waals surface area contributed by atoms with Gasteiger partial charge < -0.3 is 20.3 Å². The van der Waals surface area contributed by atoms with Crippen molar-refractivity contribution in [2.45, 2.75) is 0 Å². The number of pyridine rings is 1. The third-order valence-corrected chi connectivity index (χ3v) is 4.96. The normalized spacial score (nSPS) is 13.9. The fourth-order valence-corrected chi connectivity index (χ4v) is 3.54. The van der Waals surface area contributed by atoms with Crippen LogP contribution in [0.5, 0.6) is 0 Å². The third-order valence-electron chi connectivity index (χ3n) is 4.96. The van der Waals surface area contributed by atoms with E-state index < -0.39 is 0 Å². The lowest BCUT2D eigenvalue weighted by molar-refractivity contribution is 0.123. The molecule has 4 aromatic rings. The van der Waals surface area contributed by atoms with Gasteiger partial charge in [-0.2, -0.15) is 10.1 Å². The van der Waals surface area contributed by atoms with Crippen molar-refractivity contribution in [3.8, 4) is 0 Å². The Bertz CT molecular complexity index is 1160. The monoisotopic (exact) mass is 399 g/mol. The largest absolute Gasteiger partial charge is 0.378 e. The summed E-state index contributed by atoms with van der Waals surface area (Å²) < 4.78 is 5.47. The quantitative estimate of drug-likeness (QED) is 0.525. The number of morpholine rings is 1. The molecule has 0 bridgehead atoms. The topological polar surface area (TPSA) is 88.1 Å². The van der Waals surface area contributed by atoms with Crippen molar-refractivity contribution in [1.82, 2.24) is 20.2 Å². The van der Waals surface area contributed by atoms with Gasteiger partial charge in [-0.05, 0) is 24.3 Å². The van der Waals surface area contributed by atoms with Crippen molar-refractivity contribution < 1.29 is 4.74 Å². The van der Waals surface area contributed by atoms with Gasteiger partial charge in [-0.25, -0.2) is 0 Å². The molecule has 30 heavy (non-hydrogen) atoms. The second kappa shape index (κ2) is 8.30. The van der Waals surface area contributed by atoms with E-state index in [9.17, 15) is 0 Å². The lowest BCUT2D eigenvalue weighted by Crippen LogP contribution is -2.36. The number of hydrogen-bond donors (Lipinski definition) is 2. The summed E-state index contributed by atoms with van der Waals surface area (Å²) in [5, 5.41) is 15.9. The molecule has 2 N–H and O–H groups in total. The lowest BCUT2D eigenvalue weighted by atomic mass is 10.2. The van der Waals surface area contributed by atoms with E-state index in [0.29, 0.717) is 11.8 Å². The third kappa shape index (κ3) is 3.85. The summed E-state index contributed by atoms with van der Waals surface area (Å²) in [6.07, 6.45) is 3.38. The molecule has 1 fully saturated rings. The summed E-state index contributed by atoms with van der Waals surface area (Å²) in [5.41, 5.74) is 3.78. The molecule has 8 nitrogen and oxygen atoms in total. The van der Waals surface area contributed by atoms with Gasteiger partial charge in [0.2, 0.25) is 5.95 Å². The molecule has 3 heterocycles. The van der Waals surface area contributed by atoms with Crippen LogP contribution < -0.4 is 15.5 Å². The van der Waals surface area contributed by atoms with Gasteiger partial charge in [-0.3, -0.25) is 4.98 Å². The van der Waals surface area contributed by atoms with Crippen LogP contribution in [-0.4, -0.2) is 46.5 Å². The maximum absolute atomic E-state index is 5.47. The van der Waals surface area contributed by atoms with E-state index in [1.54, 1.807) is 12.4 Å². The Labute approximate surface area is 174 Å². The van der Waals surface area contributed by atoms with E-state index >= 15 is 0 Å². The number of aromatic nitrogens is 4. The van der Waals surface area contributed by atoms with E-state index in [0.717, 1.165) is 54.3 Å². The van der Waals surface area contributed by atoms with Gasteiger partial charge >= 0.3 is 0 Å². The first kappa shape index (κ1) is 18.3. The molecule has 2 aromatic carbocycles. The number of nitrogens with one attached hydrogen (secondary N) is 2. The molecule has 0 atom stereocenters. The average Bonchev–Trinajstić information content (AvgIpc) is 2.81. The molecule has 0 unspecified atom stereocenters. The SMILES string of the molecule is c1ccc(N2CCOCC2)c(Nc2nncc(Nc3cccc4cccnc34)n2)c1. The molecule has 0 amide bonds. The number of nitrogens with zero attached hydrogens (tertiary/aromatic N) is 5. The predicted molar refractivity (Wildman–Crippen MR) is 118 cm³/mol. The van der Waals surface area contributed by atoms with Crippen molar-refractivity contribution in [2.75, 3.05) is 41.8 Å². The summed E-state index contributed by atoms with van der Waals surface area (Å²) >= 11 is 0. The van der Waals surface area contributed by atoms with Gasteiger partial charge in [0.1, 0.15) is 0 Å². The van der Waals surface area contributed by atoms with Gasteiger partial charge in [-0.15, -0.1) is 5.10 Å². The first-order valence-electron chi connectivity index (χ1n) is 9.86. The van der Waals surface area contributed by atoms with Crippen LogP contribution in [0.15, 0.2) is 67.0 Å². The summed E-state index contributed by atoms with van der Waals surface area (Å²) in [6, 6.07) is 18.1. The van der Waals surface area contributed by atoms with Gasteiger partial charge in [0.15, 0.2) is 5.82 Å². The summed E-state index contributed by atoms with van der Waals surface area (Å²) in [6.45, 7) is 3.16. The molecule has 0 saturated carbocycles.